The molecular formula is C24H25N5O3. The lowest BCUT2D eigenvalue weighted by atomic mass is 10.00. The van der Waals surface area contributed by atoms with Gasteiger partial charge in [0.1, 0.15) is 5.75 Å². The maximum absolute atomic E-state index is 13.1. The Morgan fingerprint density at radius 1 is 1.12 bits per heavy atom. The van der Waals surface area contributed by atoms with Crippen LogP contribution in [0.25, 0.3) is 0 Å². The Balaban J connectivity index is 1.56. The van der Waals surface area contributed by atoms with E-state index in [0.717, 1.165) is 19.3 Å². The molecule has 1 aliphatic heterocycles. The molecule has 0 bridgehead atoms. The molecule has 3 aromatic rings. The topological polar surface area (TPSA) is 97.3 Å². The van der Waals surface area contributed by atoms with E-state index in [0.29, 0.717) is 40.6 Å². The highest BCUT2D eigenvalue weighted by atomic mass is 16.5. The predicted octanol–water partition coefficient (Wildman–Crippen LogP) is 3.81. The molecule has 0 radical (unpaired) electrons. The van der Waals surface area contributed by atoms with Crippen LogP contribution in [0.1, 0.15) is 57.5 Å². The van der Waals surface area contributed by atoms with Crippen molar-refractivity contribution in [3.63, 3.8) is 0 Å². The van der Waals surface area contributed by atoms with E-state index in [9.17, 15) is 9.59 Å². The smallest absolute Gasteiger partial charge is 0.259 e. The van der Waals surface area contributed by atoms with Crippen molar-refractivity contribution >= 4 is 17.5 Å². The number of nitrogens with one attached hydrogen (secondary N) is 1. The molecule has 1 aliphatic rings. The van der Waals surface area contributed by atoms with E-state index in [-0.39, 0.29) is 17.9 Å². The van der Waals surface area contributed by atoms with Crippen molar-refractivity contribution < 1.29 is 14.3 Å². The van der Waals surface area contributed by atoms with Gasteiger partial charge in [0.15, 0.2) is 5.82 Å². The number of carbonyl (C=O) groups is 2. The third-order valence-corrected chi connectivity index (χ3v) is 5.57. The third kappa shape index (κ3) is 4.44. The van der Waals surface area contributed by atoms with E-state index < -0.39 is 0 Å². The quantitative estimate of drug-likeness (QED) is 0.660. The number of hydrogen-bond acceptors (Lipinski definition) is 6. The number of benzene rings is 1. The van der Waals surface area contributed by atoms with Crippen LogP contribution in [0.15, 0.2) is 55.0 Å². The first-order chi connectivity index (χ1) is 15.6. The van der Waals surface area contributed by atoms with Crippen molar-refractivity contribution in [2.75, 3.05) is 19.0 Å². The number of ether oxygens (including phenoxy) is 1. The maximum atomic E-state index is 13.1. The molecule has 2 amide bonds. The van der Waals surface area contributed by atoms with Crippen LogP contribution in [0.3, 0.4) is 0 Å². The lowest BCUT2D eigenvalue weighted by molar-refractivity contribution is 0.0598. The zero-order valence-electron chi connectivity index (χ0n) is 18.1. The lowest BCUT2D eigenvalue weighted by Gasteiger charge is -2.34. The minimum Gasteiger partial charge on any atom is -0.495 e. The zero-order valence-corrected chi connectivity index (χ0v) is 18.1. The number of nitrogens with zero attached hydrogens (tertiary/aromatic N) is 4. The van der Waals surface area contributed by atoms with Gasteiger partial charge in [-0.05, 0) is 50.5 Å². The molecule has 8 heteroatoms. The molecule has 2 aromatic heterocycles. The van der Waals surface area contributed by atoms with Crippen LogP contribution < -0.4 is 10.1 Å². The summed E-state index contributed by atoms with van der Waals surface area (Å²) in [7, 11) is 1.55. The lowest BCUT2D eigenvalue weighted by Crippen LogP contribution is -2.39. The maximum Gasteiger partial charge on any atom is 0.259 e. The first kappa shape index (κ1) is 21.4. The minimum absolute atomic E-state index is 0.0814. The molecule has 0 saturated carbocycles. The summed E-state index contributed by atoms with van der Waals surface area (Å²) in [5.74, 6) is 0.726. The van der Waals surface area contributed by atoms with Gasteiger partial charge in [-0.15, -0.1) is 0 Å². The fraction of sp³-hybridized carbons (Fsp3) is 0.292. The number of para-hydroxylation sites is 2. The number of aryl methyl sites for hydroxylation is 1. The molecule has 0 aliphatic carbocycles. The highest BCUT2D eigenvalue weighted by Crippen LogP contribution is 2.31. The average molecular weight is 431 g/mol. The number of methoxy groups -OCH3 is 1. The normalized spacial score (nSPS) is 15.8. The van der Waals surface area contributed by atoms with Gasteiger partial charge >= 0.3 is 0 Å². The molecular weight excluding hydrogens is 406 g/mol. The first-order valence-corrected chi connectivity index (χ1v) is 10.6. The van der Waals surface area contributed by atoms with Gasteiger partial charge in [-0.3, -0.25) is 14.6 Å². The van der Waals surface area contributed by atoms with E-state index in [4.69, 9.17) is 4.74 Å². The van der Waals surface area contributed by atoms with Gasteiger partial charge in [-0.2, -0.15) is 0 Å². The van der Waals surface area contributed by atoms with Gasteiger partial charge in [-0.25, -0.2) is 9.97 Å². The van der Waals surface area contributed by atoms with Gasteiger partial charge in [0.05, 0.1) is 35.7 Å². The Hall–Kier alpha value is -3.81. The Bertz CT molecular complexity index is 1120. The molecule has 1 fully saturated rings. The van der Waals surface area contributed by atoms with Gasteiger partial charge in [0.2, 0.25) is 0 Å². The number of carbonyl (C=O) groups excluding carboxylic acids is 2. The van der Waals surface area contributed by atoms with Crippen molar-refractivity contribution in [1.82, 2.24) is 19.9 Å². The van der Waals surface area contributed by atoms with Crippen LogP contribution in [0, 0.1) is 6.92 Å². The molecule has 32 heavy (non-hydrogen) atoms. The van der Waals surface area contributed by atoms with Crippen LogP contribution in [-0.2, 0) is 0 Å². The molecule has 1 saturated heterocycles. The van der Waals surface area contributed by atoms with Crippen molar-refractivity contribution in [3.8, 4) is 5.75 Å². The number of hydrogen-bond donors (Lipinski definition) is 1. The third-order valence-electron chi connectivity index (χ3n) is 5.57. The number of rotatable bonds is 5. The number of aromatic nitrogens is 3. The average Bonchev–Trinajstić information content (AvgIpc) is 2.84. The van der Waals surface area contributed by atoms with Crippen LogP contribution in [0.5, 0.6) is 5.75 Å². The molecule has 164 valence electrons. The summed E-state index contributed by atoms with van der Waals surface area (Å²) in [6, 6.07) is 10.5. The second kappa shape index (κ2) is 9.55. The van der Waals surface area contributed by atoms with Gasteiger partial charge < -0.3 is 15.0 Å². The number of amides is 2. The van der Waals surface area contributed by atoms with E-state index >= 15 is 0 Å². The number of piperidine rings is 1. The van der Waals surface area contributed by atoms with Gasteiger partial charge in [0.25, 0.3) is 11.8 Å². The Morgan fingerprint density at radius 2 is 1.97 bits per heavy atom. The molecule has 0 spiro atoms. The molecule has 1 atom stereocenters. The standard InChI is InChI=1S/C24H25N5O3/c1-16-18(23(30)28-19-9-3-4-11-21(19)32-2)15-26-22(27-16)20-10-5-6-13-29(20)24(31)17-8-7-12-25-14-17/h3-4,7-9,11-12,14-15,20H,5-6,10,13H2,1-2H3,(H,28,30)/t20-/m1/s1. The molecule has 1 N–H and O–H groups in total. The SMILES string of the molecule is COc1ccccc1NC(=O)c1cnc([C@H]2CCCCN2C(=O)c2cccnc2)nc1C. The summed E-state index contributed by atoms with van der Waals surface area (Å²) in [6.07, 6.45) is 7.44. The number of anilines is 1. The van der Waals surface area contributed by atoms with Crippen LogP contribution in [0.2, 0.25) is 0 Å². The van der Waals surface area contributed by atoms with Crippen molar-refractivity contribution in [2.45, 2.75) is 32.2 Å². The zero-order chi connectivity index (χ0) is 22.5. The second-order valence-electron chi connectivity index (χ2n) is 7.63. The monoisotopic (exact) mass is 431 g/mol. The van der Waals surface area contributed by atoms with Crippen molar-refractivity contribution in [3.05, 3.63) is 77.6 Å². The number of pyridine rings is 1. The van der Waals surface area contributed by atoms with Gasteiger partial charge in [-0.1, -0.05) is 12.1 Å². The van der Waals surface area contributed by atoms with Crippen molar-refractivity contribution in [2.24, 2.45) is 0 Å². The first-order valence-electron chi connectivity index (χ1n) is 10.6. The minimum atomic E-state index is -0.314. The van der Waals surface area contributed by atoms with E-state index in [1.165, 1.54) is 6.20 Å². The molecule has 8 nitrogen and oxygen atoms in total. The van der Waals surface area contributed by atoms with E-state index in [1.807, 2.05) is 17.0 Å². The summed E-state index contributed by atoms with van der Waals surface area (Å²) in [5, 5.41) is 2.85. The summed E-state index contributed by atoms with van der Waals surface area (Å²) in [6.45, 7) is 2.41. The fourth-order valence-corrected chi connectivity index (χ4v) is 3.90. The van der Waals surface area contributed by atoms with Crippen molar-refractivity contribution in [1.29, 1.82) is 0 Å². The second-order valence-corrected chi connectivity index (χ2v) is 7.63. The van der Waals surface area contributed by atoms with Crippen LogP contribution in [0.4, 0.5) is 5.69 Å². The summed E-state index contributed by atoms with van der Waals surface area (Å²) >= 11 is 0. The Labute approximate surface area is 186 Å². The van der Waals surface area contributed by atoms with Gasteiger partial charge in [0, 0.05) is 25.1 Å². The molecule has 1 aromatic carbocycles. The predicted molar refractivity (Wildman–Crippen MR) is 120 cm³/mol. The largest absolute Gasteiger partial charge is 0.495 e. The summed E-state index contributed by atoms with van der Waals surface area (Å²) in [4.78, 5) is 40.9. The van der Waals surface area contributed by atoms with E-state index in [2.05, 4.69) is 20.3 Å². The summed E-state index contributed by atoms with van der Waals surface area (Å²) in [5.41, 5.74) is 2.05. The van der Waals surface area contributed by atoms with Crippen LogP contribution >= 0.6 is 0 Å². The highest BCUT2D eigenvalue weighted by molar-refractivity contribution is 6.05. The fourth-order valence-electron chi connectivity index (χ4n) is 3.90. The summed E-state index contributed by atoms with van der Waals surface area (Å²) < 4.78 is 5.29. The van der Waals surface area contributed by atoms with E-state index in [1.54, 1.807) is 50.7 Å². The van der Waals surface area contributed by atoms with Crippen LogP contribution in [-0.4, -0.2) is 45.3 Å². The molecule has 3 heterocycles. The molecule has 4 rings (SSSR count). The number of likely N-dealkylation sites (tertiary alicyclic amines) is 1. The molecule has 0 unspecified atom stereocenters. The highest BCUT2D eigenvalue weighted by Gasteiger charge is 2.31. The Kier molecular flexibility index (Phi) is 6.39. The Morgan fingerprint density at radius 3 is 2.72 bits per heavy atom.